The van der Waals surface area contributed by atoms with E-state index < -0.39 is 15.8 Å². The molecule has 0 aromatic heterocycles. The van der Waals surface area contributed by atoms with Crippen LogP contribution in [0.1, 0.15) is 39.5 Å². The predicted octanol–water partition coefficient (Wildman–Crippen LogP) is 2.97. The number of hydrogen-bond acceptors (Lipinski definition) is 5. The van der Waals surface area contributed by atoms with Crippen molar-refractivity contribution in [2.75, 3.05) is 32.9 Å². The van der Waals surface area contributed by atoms with E-state index in [1.807, 2.05) is 13.8 Å². The molecule has 2 saturated heterocycles. The summed E-state index contributed by atoms with van der Waals surface area (Å²) < 4.78 is 58.0. The Morgan fingerprint density at radius 1 is 1.29 bits per heavy atom. The highest BCUT2D eigenvalue weighted by Crippen LogP contribution is 2.37. The summed E-state index contributed by atoms with van der Waals surface area (Å²) >= 11 is 0. The maximum Gasteiger partial charge on any atom is 0.243 e. The summed E-state index contributed by atoms with van der Waals surface area (Å²) in [6, 6.07) is 5.16. The Kier molecular flexibility index (Phi) is 7.09. The van der Waals surface area contributed by atoms with Crippen molar-refractivity contribution in [1.29, 1.82) is 0 Å². The van der Waals surface area contributed by atoms with Gasteiger partial charge >= 0.3 is 0 Å². The van der Waals surface area contributed by atoms with Gasteiger partial charge in [-0.05, 0) is 51.3 Å². The molecule has 158 valence electrons. The second-order valence-electron chi connectivity index (χ2n) is 7.80. The first-order valence-corrected chi connectivity index (χ1v) is 11.4. The Hall–Kier alpha value is -1.06. The number of benzene rings is 1. The molecule has 6 nitrogen and oxygen atoms in total. The third-order valence-corrected chi connectivity index (χ3v) is 7.30. The molecule has 1 spiro atoms. The van der Waals surface area contributed by atoms with Crippen LogP contribution in [0.2, 0.25) is 0 Å². The molecular weight excluding hydrogens is 385 g/mol. The molecule has 8 heteroatoms. The van der Waals surface area contributed by atoms with Crippen molar-refractivity contribution >= 4 is 10.0 Å². The Morgan fingerprint density at radius 3 is 2.71 bits per heavy atom. The second-order valence-corrected chi connectivity index (χ2v) is 9.74. The van der Waals surface area contributed by atoms with E-state index >= 15 is 0 Å². The standard InChI is InChI=1S/C20H30FNO5S/c1-16(2)25-12-13-26-18-6-11-27-20(15-18)7-9-22(10-8-20)28(23,24)19-5-3-4-17(21)14-19/h3-5,14,16,18H,6-13,15H2,1-2H3. The summed E-state index contributed by atoms with van der Waals surface area (Å²) in [5, 5.41) is 0. The summed E-state index contributed by atoms with van der Waals surface area (Å²) in [6.45, 7) is 6.46. The van der Waals surface area contributed by atoms with E-state index in [1.54, 1.807) is 0 Å². The molecule has 1 unspecified atom stereocenters. The van der Waals surface area contributed by atoms with Gasteiger partial charge in [0.2, 0.25) is 10.0 Å². The number of piperidine rings is 1. The molecule has 0 amide bonds. The van der Waals surface area contributed by atoms with E-state index in [2.05, 4.69) is 0 Å². The lowest BCUT2D eigenvalue weighted by molar-refractivity contribution is -0.154. The topological polar surface area (TPSA) is 65.1 Å². The molecule has 2 aliphatic heterocycles. The van der Waals surface area contributed by atoms with Crippen molar-refractivity contribution in [1.82, 2.24) is 4.31 Å². The smallest absolute Gasteiger partial charge is 0.243 e. The van der Waals surface area contributed by atoms with Gasteiger partial charge in [0.15, 0.2) is 0 Å². The lowest BCUT2D eigenvalue weighted by Gasteiger charge is -2.45. The molecule has 2 aliphatic rings. The van der Waals surface area contributed by atoms with Crippen molar-refractivity contribution in [3.8, 4) is 0 Å². The molecule has 3 rings (SSSR count). The van der Waals surface area contributed by atoms with Gasteiger partial charge in [0.05, 0.1) is 35.9 Å². The number of hydrogen-bond donors (Lipinski definition) is 0. The van der Waals surface area contributed by atoms with Crippen LogP contribution >= 0.6 is 0 Å². The van der Waals surface area contributed by atoms with Crippen LogP contribution in [0.5, 0.6) is 0 Å². The van der Waals surface area contributed by atoms with Crippen molar-refractivity contribution in [2.24, 2.45) is 0 Å². The number of rotatable bonds is 7. The minimum Gasteiger partial charge on any atom is -0.376 e. The molecule has 0 N–H and O–H groups in total. The van der Waals surface area contributed by atoms with Crippen LogP contribution < -0.4 is 0 Å². The Morgan fingerprint density at radius 2 is 2.04 bits per heavy atom. The summed E-state index contributed by atoms with van der Waals surface area (Å²) in [5.41, 5.74) is -0.338. The highest BCUT2D eigenvalue weighted by molar-refractivity contribution is 7.89. The second kappa shape index (κ2) is 9.17. The highest BCUT2D eigenvalue weighted by atomic mass is 32.2. The maximum atomic E-state index is 13.4. The van der Waals surface area contributed by atoms with Gasteiger partial charge in [0.1, 0.15) is 5.82 Å². The Bertz CT molecular complexity index is 747. The average molecular weight is 416 g/mol. The molecule has 1 aromatic rings. The lowest BCUT2D eigenvalue weighted by Crippen LogP contribution is -2.52. The van der Waals surface area contributed by atoms with Crippen LogP contribution in [0.3, 0.4) is 0 Å². The monoisotopic (exact) mass is 415 g/mol. The van der Waals surface area contributed by atoms with Crippen molar-refractivity contribution in [2.45, 2.75) is 62.2 Å². The SMILES string of the molecule is CC(C)OCCOC1CCOC2(CCN(S(=O)(=O)c3cccc(F)c3)CC2)C1. The summed E-state index contributed by atoms with van der Waals surface area (Å²) in [7, 11) is -3.69. The van der Waals surface area contributed by atoms with E-state index in [0.29, 0.717) is 45.8 Å². The molecule has 2 heterocycles. The van der Waals surface area contributed by atoms with Crippen molar-refractivity contribution in [3.05, 3.63) is 30.1 Å². The normalized spacial score (nSPS) is 23.4. The first-order valence-electron chi connectivity index (χ1n) is 9.94. The van der Waals surface area contributed by atoms with E-state index in [4.69, 9.17) is 14.2 Å². The van der Waals surface area contributed by atoms with E-state index in [1.165, 1.54) is 22.5 Å². The quantitative estimate of drug-likeness (QED) is 0.641. The largest absolute Gasteiger partial charge is 0.376 e. The van der Waals surface area contributed by atoms with E-state index in [-0.39, 0.29) is 22.7 Å². The zero-order chi connectivity index (χ0) is 20.2. The van der Waals surface area contributed by atoms with E-state index in [0.717, 1.165) is 18.9 Å². The van der Waals surface area contributed by atoms with Crippen molar-refractivity contribution in [3.63, 3.8) is 0 Å². The fourth-order valence-electron chi connectivity index (χ4n) is 3.88. The average Bonchev–Trinajstić information content (AvgIpc) is 2.66. The number of nitrogens with zero attached hydrogens (tertiary/aromatic N) is 1. The van der Waals surface area contributed by atoms with Crippen molar-refractivity contribution < 1.29 is 27.0 Å². The zero-order valence-corrected chi connectivity index (χ0v) is 17.4. The zero-order valence-electron chi connectivity index (χ0n) is 16.6. The van der Waals surface area contributed by atoms with Crippen LogP contribution in [0.25, 0.3) is 0 Å². The van der Waals surface area contributed by atoms with Crippen LogP contribution in [-0.4, -0.2) is 63.4 Å². The first kappa shape index (κ1) is 21.6. The highest BCUT2D eigenvalue weighted by Gasteiger charge is 2.43. The third-order valence-electron chi connectivity index (χ3n) is 5.40. The predicted molar refractivity (Wildman–Crippen MR) is 103 cm³/mol. The fraction of sp³-hybridized carbons (Fsp3) is 0.700. The van der Waals surface area contributed by atoms with Crippen LogP contribution in [0.15, 0.2) is 29.2 Å². The maximum absolute atomic E-state index is 13.4. The Balaban J connectivity index is 1.55. The lowest BCUT2D eigenvalue weighted by atomic mass is 9.84. The minimum atomic E-state index is -3.69. The van der Waals surface area contributed by atoms with Crippen LogP contribution in [-0.2, 0) is 24.2 Å². The van der Waals surface area contributed by atoms with Crippen LogP contribution in [0.4, 0.5) is 4.39 Å². The molecular formula is C20H30FNO5S. The molecule has 2 fully saturated rings. The summed E-state index contributed by atoms with van der Waals surface area (Å²) in [5.74, 6) is -0.549. The number of ether oxygens (including phenoxy) is 3. The molecule has 0 radical (unpaired) electrons. The van der Waals surface area contributed by atoms with Gasteiger partial charge in [0, 0.05) is 26.1 Å². The molecule has 0 bridgehead atoms. The van der Waals surface area contributed by atoms with E-state index in [9.17, 15) is 12.8 Å². The van der Waals surface area contributed by atoms with Gasteiger partial charge in [-0.3, -0.25) is 0 Å². The van der Waals surface area contributed by atoms with Gasteiger partial charge in [0.25, 0.3) is 0 Å². The van der Waals surface area contributed by atoms with Gasteiger partial charge in [-0.1, -0.05) is 6.07 Å². The first-order chi connectivity index (χ1) is 13.3. The van der Waals surface area contributed by atoms with Gasteiger partial charge in [-0.25, -0.2) is 12.8 Å². The fourth-order valence-corrected chi connectivity index (χ4v) is 5.36. The summed E-state index contributed by atoms with van der Waals surface area (Å²) in [4.78, 5) is -0.000579. The van der Waals surface area contributed by atoms with Gasteiger partial charge < -0.3 is 14.2 Å². The molecule has 28 heavy (non-hydrogen) atoms. The van der Waals surface area contributed by atoms with Gasteiger partial charge in [-0.15, -0.1) is 0 Å². The van der Waals surface area contributed by atoms with Crippen LogP contribution in [0, 0.1) is 5.82 Å². The Labute approximate surface area is 167 Å². The minimum absolute atomic E-state index is 0.000579. The molecule has 0 saturated carbocycles. The summed E-state index contributed by atoms with van der Waals surface area (Å²) in [6.07, 6.45) is 3.13. The number of halogens is 1. The molecule has 1 atom stereocenters. The number of sulfonamides is 1. The molecule has 0 aliphatic carbocycles. The molecule has 1 aromatic carbocycles. The van der Waals surface area contributed by atoms with Gasteiger partial charge in [-0.2, -0.15) is 4.31 Å². The third kappa shape index (κ3) is 5.30.